The Bertz CT molecular complexity index is 1110. The van der Waals surface area contributed by atoms with E-state index in [0.29, 0.717) is 35.5 Å². The molecule has 1 saturated heterocycles. The van der Waals surface area contributed by atoms with Crippen LogP contribution >= 0.6 is 0 Å². The molecule has 2 aliphatic rings. The first-order valence-electron chi connectivity index (χ1n) is 12.7. The van der Waals surface area contributed by atoms with Gasteiger partial charge in [0.25, 0.3) is 0 Å². The molecule has 1 fully saturated rings. The van der Waals surface area contributed by atoms with Gasteiger partial charge in [0.15, 0.2) is 0 Å². The Morgan fingerprint density at radius 3 is 2.57 bits per heavy atom. The summed E-state index contributed by atoms with van der Waals surface area (Å²) < 4.78 is 6.00. The lowest BCUT2D eigenvalue weighted by molar-refractivity contribution is 0.155. The number of piperazine rings is 1. The van der Waals surface area contributed by atoms with Crippen LogP contribution in [0.4, 0.5) is 5.82 Å². The SMILES string of the molecule is CC1=CC(CN2CCN(c3cnccn3)CC2)C(C(C)C)CC1Cc1nnc(-c2cccnc2)o1. The zero-order valence-corrected chi connectivity index (χ0v) is 20.9. The van der Waals surface area contributed by atoms with Crippen LogP contribution in [0.5, 0.6) is 0 Å². The van der Waals surface area contributed by atoms with E-state index in [-0.39, 0.29) is 0 Å². The topological polar surface area (TPSA) is 84.1 Å². The van der Waals surface area contributed by atoms with E-state index < -0.39 is 0 Å². The molecular weight excluding hydrogens is 438 g/mol. The van der Waals surface area contributed by atoms with Crippen molar-refractivity contribution < 1.29 is 4.42 Å². The molecule has 0 spiro atoms. The van der Waals surface area contributed by atoms with Gasteiger partial charge >= 0.3 is 0 Å². The van der Waals surface area contributed by atoms with Crippen molar-refractivity contribution in [3.8, 4) is 11.5 Å². The predicted molar refractivity (Wildman–Crippen MR) is 136 cm³/mol. The Morgan fingerprint density at radius 2 is 1.86 bits per heavy atom. The van der Waals surface area contributed by atoms with Gasteiger partial charge in [-0.1, -0.05) is 25.5 Å². The fourth-order valence-electron chi connectivity index (χ4n) is 5.55. The summed E-state index contributed by atoms with van der Waals surface area (Å²) in [5, 5.41) is 8.60. The van der Waals surface area contributed by atoms with E-state index in [0.717, 1.165) is 56.9 Å². The summed E-state index contributed by atoms with van der Waals surface area (Å²) in [6.07, 6.45) is 13.4. The Labute approximate surface area is 207 Å². The number of rotatable bonds is 7. The summed E-state index contributed by atoms with van der Waals surface area (Å²) in [5.41, 5.74) is 2.31. The zero-order chi connectivity index (χ0) is 24.2. The molecule has 3 aromatic rings. The van der Waals surface area contributed by atoms with Crippen molar-refractivity contribution in [2.75, 3.05) is 37.6 Å². The van der Waals surface area contributed by atoms with E-state index in [1.54, 1.807) is 24.8 Å². The lowest BCUT2D eigenvalue weighted by Gasteiger charge is -2.41. The fourth-order valence-corrected chi connectivity index (χ4v) is 5.55. The average molecular weight is 474 g/mol. The van der Waals surface area contributed by atoms with Gasteiger partial charge in [-0.15, -0.1) is 10.2 Å². The van der Waals surface area contributed by atoms with Crippen molar-refractivity contribution in [1.82, 2.24) is 30.0 Å². The van der Waals surface area contributed by atoms with Gasteiger partial charge in [0.05, 0.1) is 11.8 Å². The van der Waals surface area contributed by atoms with Crippen molar-refractivity contribution in [2.45, 2.75) is 33.6 Å². The van der Waals surface area contributed by atoms with Crippen molar-refractivity contribution in [3.05, 3.63) is 60.7 Å². The van der Waals surface area contributed by atoms with Gasteiger partial charge in [-0.2, -0.15) is 0 Å². The second kappa shape index (κ2) is 10.6. The number of hydrogen-bond acceptors (Lipinski definition) is 8. The van der Waals surface area contributed by atoms with Crippen molar-refractivity contribution in [3.63, 3.8) is 0 Å². The van der Waals surface area contributed by atoms with E-state index in [4.69, 9.17) is 4.42 Å². The first-order chi connectivity index (χ1) is 17.1. The zero-order valence-electron chi connectivity index (χ0n) is 20.9. The first-order valence-corrected chi connectivity index (χ1v) is 12.7. The van der Waals surface area contributed by atoms with Gasteiger partial charge in [-0.3, -0.25) is 14.9 Å². The normalized spacial score (nSPS) is 23.5. The van der Waals surface area contributed by atoms with Gasteiger partial charge in [0.2, 0.25) is 11.8 Å². The van der Waals surface area contributed by atoms with Crippen LogP contribution in [0.2, 0.25) is 0 Å². The Balaban J connectivity index is 1.22. The molecule has 0 aromatic carbocycles. The quantitative estimate of drug-likeness (QED) is 0.474. The summed E-state index contributed by atoms with van der Waals surface area (Å²) in [7, 11) is 0. The maximum atomic E-state index is 6.00. The highest BCUT2D eigenvalue weighted by Gasteiger charge is 2.34. The molecule has 4 heterocycles. The lowest BCUT2D eigenvalue weighted by Crippen LogP contribution is -2.49. The van der Waals surface area contributed by atoms with Crippen LogP contribution in [0.1, 0.15) is 33.1 Å². The van der Waals surface area contributed by atoms with E-state index in [1.807, 2.05) is 18.3 Å². The van der Waals surface area contributed by atoms with E-state index in [9.17, 15) is 0 Å². The number of allylic oxidation sites excluding steroid dienone is 1. The highest BCUT2D eigenvalue weighted by atomic mass is 16.4. The van der Waals surface area contributed by atoms with E-state index >= 15 is 0 Å². The molecule has 0 saturated carbocycles. The molecule has 5 rings (SSSR count). The molecular formula is C27H35N7O. The van der Waals surface area contributed by atoms with E-state index in [2.05, 4.69) is 61.8 Å². The molecule has 3 aromatic heterocycles. The monoisotopic (exact) mass is 473 g/mol. The highest BCUT2D eigenvalue weighted by molar-refractivity contribution is 5.49. The largest absolute Gasteiger partial charge is 0.421 e. The van der Waals surface area contributed by atoms with Crippen molar-refractivity contribution in [1.29, 1.82) is 0 Å². The Morgan fingerprint density at radius 1 is 1.03 bits per heavy atom. The van der Waals surface area contributed by atoms with Gasteiger partial charge < -0.3 is 9.32 Å². The third-order valence-electron chi connectivity index (χ3n) is 7.60. The van der Waals surface area contributed by atoms with E-state index in [1.165, 1.54) is 5.57 Å². The number of hydrogen-bond donors (Lipinski definition) is 0. The molecule has 8 nitrogen and oxygen atoms in total. The summed E-state index contributed by atoms with van der Waals surface area (Å²) >= 11 is 0. The van der Waals surface area contributed by atoms with Crippen molar-refractivity contribution in [2.24, 2.45) is 23.7 Å². The predicted octanol–water partition coefficient (Wildman–Crippen LogP) is 4.14. The fraction of sp³-hybridized carbons (Fsp3) is 0.519. The highest BCUT2D eigenvalue weighted by Crippen LogP contribution is 2.39. The van der Waals surface area contributed by atoms with Crippen LogP contribution in [0, 0.1) is 23.7 Å². The number of aromatic nitrogens is 5. The maximum Gasteiger partial charge on any atom is 0.249 e. The second-order valence-corrected chi connectivity index (χ2v) is 10.2. The molecule has 8 heteroatoms. The summed E-state index contributed by atoms with van der Waals surface area (Å²) in [5.74, 6) is 4.52. The third-order valence-corrected chi connectivity index (χ3v) is 7.60. The van der Waals surface area contributed by atoms with Crippen LogP contribution in [0.25, 0.3) is 11.5 Å². The standard InChI is InChI=1S/C27H35N7O/c1-19(2)24-14-22(15-26-31-32-27(35-26)21-5-4-6-28-16-21)20(3)13-23(24)18-33-9-11-34(12-10-33)25-17-29-7-8-30-25/h4-8,13,16-17,19,22-24H,9-12,14-15,18H2,1-3H3. The number of nitrogens with zero attached hydrogens (tertiary/aromatic N) is 7. The number of anilines is 1. The lowest BCUT2D eigenvalue weighted by atomic mass is 9.69. The molecule has 0 amide bonds. The maximum absolute atomic E-state index is 6.00. The smallest absolute Gasteiger partial charge is 0.249 e. The summed E-state index contributed by atoms with van der Waals surface area (Å²) in [4.78, 5) is 17.8. The third kappa shape index (κ3) is 5.59. The first kappa shape index (κ1) is 23.6. The average Bonchev–Trinajstić information content (AvgIpc) is 3.35. The van der Waals surface area contributed by atoms with Crippen LogP contribution in [-0.2, 0) is 6.42 Å². The minimum Gasteiger partial charge on any atom is -0.421 e. The molecule has 0 N–H and O–H groups in total. The minimum absolute atomic E-state index is 0.439. The Hall–Kier alpha value is -3.13. The van der Waals surface area contributed by atoms with Crippen molar-refractivity contribution >= 4 is 5.82 Å². The van der Waals surface area contributed by atoms with Crippen LogP contribution in [-0.4, -0.2) is 62.8 Å². The molecule has 1 aliphatic carbocycles. The van der Waals surface area contributed by atoms with Gasteiger partial charge in [0, 0.05) is 63.9 Å². The molecule has 3 atom stereocenters. The van der Waals surface area contributed by atoms with Gasteiger partial charge in [-0.05, 0) is 49.1 Å². The molecule has 3 unspecified atom stereocenters. The molecule has 184 valence electrons. The molecule has 0 bridgehead atoms. The molecule has 1 aliphatic heterocycles. The van der Waals surface area contributed by atoms with Crippen LogP contribution in [0.3, 0.4) is 0 Å². The summed E-state index contributed by atoms with van der Waals surface area (Å²) in [6, 6.07) is 3.83. The number of pyridine rings is 1. The van der Waals surface area contributed by atoms with Gasteiger partial charge in [0.1, 0.15) is 5.82 Å². The van der Waals surface area contributed by atoms with Crippen LogP contribution in [0.15, 0.2) is 59.2 Å². The van der Waals surface area contributed by atoms with Crippen LogP contribution < -0.4 is 4.90 Å². The Kier molecular flexibility index (Phi) is 7.18. The second-order valence-electron chi connectivity index (χ2n) is 10.2. The summed E-state index contributed by atoms with van der Waals surface area (Å²) in [6.45, 7) is 12.2. The minimum atomic E-state index is 0.439. The van der Waals surface area contributed by atoms with Gasteiger partial charge in [-0.25, -0.2) is 4.98 Å². The molecule has 35 heavy (non-hydrogen) atoms. The molecule has 0 radical (unpaired) electrons.